The molecule has 0 fully saturated rings. The molecule has 0 unspecified atom stereocenters. The van der Waals surface area contributed by atoms with Gasteiger partial charge in [-0.1, -0.05) is 12.1 Å². The van der Waals surface area contributed by atoms with Gasteiger partial charge in [0.25, 0.3) is 0 Å². The number of aliphatic hydroxyl groups is 1. The Morgan fingerprint density at radius 3 is 2.93 bits per heavy atom. The molecule has 0 saturated heterocycles. The van der Waals surface area contributed by atoms with Gasteiger partial charge in [0.05, 0.1) is 6.10 Å². The molecule has 1 heterocycles. The van der Waals surface area contributed by atoms with Gasteiger partial charge in [-0.3, -0.25) is 0 Å². The molecule has 0 aliphatic rings. The fourth-order valence-electron chi connectivity index (χ4n) is 1.52. The molecule has 0 saturated carbocycles. The summed E-state index contributed by atoms with van der Waals surface area (Å²) in [5, 5.41) is 9.62. The van der Waals surface area contributed by atoms with Crippen molar-refractivity contribution in [3.05, 3.63) is 36.5 Å². The summed E-state index contributed by atoms with van der Waals surface area (Å²) < 4.78 is 0. The SMILES string of the molecule is C=CCN(CC)c1ncccc1[C@H](C)O. The van der Waals surface area contributed by atoms with Gasteiger partial charge in [-0.05, 0) is 19.9 Å². The number of aromatic nitrogens is 1. The van der Waals surface area contributed by atoms with Crippen LogP contribution in [0.25, 0.3) is 0 Å². The van der Waals surface area contributed by atoms with Crippen LogP contribution in [0.5, 0.6) is 0 Å². The van der Waals surface area contributed by atoms with Gasteiger partial charge in [0, 0.05) is 24.8 Å². The Kier molecular flexibility index (Phi) is 4.31. The molecule has 0 amide bonds. The van der Waals surface area contributed by atoms with E-state index < -0.39 is 6.10 Å². The largest absolute Gasteiger partial charge is 0.389 e. The monoisotopic (exact) mass is 206 g/mol. The summed E-state index contributed by atoms with van der Waals surface area (Å²) in [6.07, 6.45) is 3.09. The van der Waals surface area contributed by atoms with E-state index in [2.05, 4.69) is 23.4 Å². The third kappa shape index (κ3) is 2.80. The van der Waals surface area contributed by atoms with Crippen LogP contribution in [-0.4, -0.2) is 23.2 Å². The summed E-state index contributed by atoms with van der Waals surface area (Å²) in [6.45, 7) is 9.12. The first kappa shape index (κ1) is 11.7. The Hall–Kier alpha value is -1.35. The van der Waals surface area contributed by atoms with Crippen molar-refractivity contribution in [2.75, 3.05) is 18.0 Å². The number of hydrogen-bond acceptors (Lipinski definition) is 3. The van der Waals surface area contributed by atoms with Crippen molar-refractivity contribution in [2.45, 2.75) is 20.0 Å². The Morgan fingerprint density at radius 2 is 2.40 bits per heavy atom. The molecular weight excluding hydrogens is 188 g/mol. The number of rotatable bonds is 5. The minimum Gasteiger partial charge on any atom is -0.389 e. The van der Waals surface area contributed by atoms with Crippen LogP contribution in [0.3, 0.4) is 0 Å². The number of aliphatic hydroxyl groups excluding tert-OH is 1. The van der Waals surface area contributed by atoms with Crippen LogP contribution in [0.15, 0.2) is 31.0 Å². The number of likely N-dealkylation sites (N-methyl/N-ethyl adjacent to an activating group) is 1. The molecule has 15 heavy (non-hydrogen) atoms. The fraction of sp³-hybridized carbons (Fsp3) is 0.417. The number of nitrogens with zero attached hydrogens (tertiary/aromatic N) is 2. The topological polar surface area (TPSA) is 36.4 Å². The van der Waals surface area contributed by atoms with Gasteiger partial charge in [0.1, 0.15) is 5.82 Å². The van der Waals surface area contributed by atoms with Crippen molar-refractivity contribution >= 4 is 5.82 Å². The van der Waals surface area contributed by atoms with E-state index in [0.717, 1.165) is 24.5 Å². The maximum atomic E-state index is 9.62. The number of pyridine rings is 1. The van der Waals surface area contributed by atoms with Gasteiger partial charge < -0.3 is 10.0 Å². The van der Waals surface area contributed by atoms with Gasteiger partial charge >= 0.3 is 0 Å². The number of anilines is 1. The molecule has 0 spiro atoms. The Balaban J connectivity index is 3.04. The third-order valence-electron chi connectivity index (χ3n) is 2.30. The second-order valence-corrected chi connectivity index (χ2v) is 3.42. The standard InChI is InChI=1S/C12H18N2O/c1-4-9-14(5-2)12-11(10(3)15)7-6-8-13-12/h4,6-8,10,15H,1,5,9H2,2-3H3/t10-/m0/s1. The average molecular weight is 206 g/mol. The predicted octanol–water partition coefficient (Wildman–Crippen LogP) is 2.15. The second-order valence-electron chi connectivity index (χ2n) is 3.42. The van der Waals surface area contributed by atoms with Crippen molar-refractivity contribution in [1.29, 1.82) is 0 Å². The van der Waals surface area contributed by atoms with Crippen LogP contribution in [0.2, 0.25) is 0 Å². The number of hydrogen-bond donors (Lipinski definition) is 1. The first-order valence-corrected chi connectivity index (χ1v) is 5.19. The molecule has 0 aromatic carbocycles. The quantitative estimate of drug-likeness (QED) is 0.750. The molecule has 0 bridgehead atoms. The molecule has 1 rings (SSSR count). The lowest BCUT2D eigenvalue weighted by molar-refractivity contribution is 0.199. The van der Waals surface area contributed by atoms with E-state index in [1.165, 1.54) is 0 Å². The normalized spacial score (nSPS) is 12.2. The maximum Gasteiger partial charge on any atom is 0.134 e. The third-order valence-corrected chi connectivity index (χ3v) is 2.30. The lowest BCUT2D eigenvalue weighted by Crippen LogP contribution is -2.25. The zero-order chi connectivity index (χ0) is 11.3. The summed E-state index contributed by atoms with van der Waals surface area (Å²) >= 11 is 0. The lowest BCUT2D eigenvalue weighted by Gasteiger charge is -2.23. The van der Waals surface area contributed by atoms with Gasteiger partial charge in [-0.25, -0.2) is 4.98 Å². The minimum absolute atomic E-state index is 0.493. The van der Waals surface area contributed by atoms with E-state index in [0.29, 0.717) is 0 Å². The highest BCUT2D eigenvalue weighted by Gasteiger charge is 2.12. The molecule has 1 atom stereocenters. The van der Waals surface area contributed by atoms with E-state index in [9.17, 15) is 5.11 Å². The Bertz CT molecular complexity index is 323. The molecule has 82 valence electrons. The first-order valence-electron chi connectivity index (χ1n) is 5.19. The van der Waals surface area contributed by atoms with Crippen molar-refractivity contribution in [1.82, 2.24) is 4.98 Å². The van der Waals surface area contributed by atoms with E-state index in [1.54, 1.807) is 13.1 Å². The molecule has 1 aromatic heterocycles. The average Bonchev–Trinajstić information content (AvgIpc) is 2.26. The molecule has 1 aromatic rings. The maximum absolute atomic E-state index is 9.62. The van der Waals surface area contributed by atoms with Crippen LogP contribution < -0.4 is 4.90 Å². The van der Waals surface area contributed by atoms with Crippen LogP contribution in [-0.2, 0) is 0 Å². The summed E-state index contributed by atoms with van der Waals surface area (Å²) in [5.74, 6) is 0.843. The predicted molar refractivity (Wildman–Crippen MR) is 63.0 cm³/mol. The Labute approximate surface area is 91.1 Å². The highest BCUT2D eigenvalue weighted by atomic mass is 16.3. The van der Waals surface area contributed by atoms with Crippen molar-refractivity contribution in [3.63, 3.8) is 0 Å². The second kappa shape index (κ2) is 5.51. The highest BCUT2D eigenvalue weighted by Crippen LogP contribution is 2.23. The molecule has 3 heteroatoms. The van der Waals surface area contributed by atoms with Crippen molar-refractivity contribution in [3.8, 4) is 0 Å². The molecular formula is C12H18N2O. The van der Waals surface area contributed by atoms with Gasteiger partial charge in [0.2, 0.25) is 0 Å². The minimum atomic E-state index is -0.493. The Morgan fingerprint density at radius 1 is 1.67 bits per heavy atom. The van der Waals surface area contributed by atoms with Crippen molar-refractivity contribution < 1.29 is 5.11 Å². The summed E-state index contributed by atoms with van der Waals surface area (Å²) in [5.41, 5.74) is 0.862. The molecule has 0 aliphatic carbocycles. The highest BCUT2D eigenvalue weighted by molar-refractivity contribution is 5.48. The van der Waals surface area contributed by atoms with Gasteiger partial charge in [0.15, 0.2) is 0 Å². The van der Waals surface area contributed by atoms with Gasteiger partial charge in [-0.2, -0.15) is 0 Å². The fourth-order valence-corrected chi connectivity index (χ4v) is 1.52. The molecule has 0 radical (unpaired) electrons. The summed E-state index contributed by atoms with van der Waals surface area (Å²) in [4.78, 5) is 6.39. The zero-order valence-corrected chi connectivity index (χ0v) is 9.35. The summed E-state index contributed by atoms with van der Waals surface area (Å²) in [6, 6.07) is 3.74. The van der Waals surface area contributed by atoms with E-state index in [4.69, 9.17) is 0 Å². The van der Waals surface area contributed by atoms with Gasteiger partial charge in [-0.15, -0.1) is 6.58 Å². The van der Waals surface area contributed by atoms with Crippen LogP contribution >= 0.6 is 0 Å². The zero-order valence-electron chi connectivity index (χ0n) is 9.35. The molecule has 3 nitrogen and oxygen atoms in total. The van der Waals surface area contributed by atoms with E-state index >= 15 is 0 Å². The molecule has 1 N–H and O–H groups in total. The van der Waals surface area contributed by atoms with Crippen LogP contribution in [0.4, 0.5) is 5.82 Å². The smallest absolute Gasteiger partial charge is 0.134 e. The van der Waals surface area contributed by atoms with Crippen molar-refractivity contribution in [2.24, 2.45) is 0 Å². The first-order chi connectivity index (χ1) is 7.20. The van der Waals surface area contributed by atoms with E-state index in [-0.39, 0.29) is 0 Å². The summed E-state index contributed by atoms with van der Waals surface area (Å²) in [7, 11) is 0. The van der Waals surface area contributed by atoms with Crippen LogP contribution in [0, 0.1) is 0 Å². The van der Waals surface area contributed by atoms with Crippen LogP contribution in [0.1, 0.15) is 25.5 Å². The molecule has 0 aliphatic heterocycles. The van der Waals surface area contributed by atoms with E-state index in [1.807, 2.05) is 18.2 Å². The lowest BCUT2D eigenvalue weighted by atomic mass is 10.1.